The van der Waals surface area contributed by atoms with Crippen molar-refractivity contribution in [3.8, 4) is 0 Å². The molecule has 1 amide bonds. The van der Waals surface area contributed by atoms with E-state index in [0.717, 1.165) is 36.0 Å². The van der Waals surface area contributed by atoms with Crippen molar-refractivity contribution in [1.82, 2.24) is 10.2 Å². The standard InChI is InChI=1S/C13H17BrN2O/c1-16(12-6-3-7-15-9-12)13(17)10-4-2-5-11(14)8-10/h2,4-5,8,12,15H,3,6-7,9H2,1H3. The highest BCUT2D eigenvalue weighted by molar-refractivity contribution is 9.10. The lowest BCUT2D eigenvalue weighted by Gasteiger charge is -2.31. The zero-order valence-corrected chi connectivity index (χ0v) is 11.5. The Labute approximate surface area is 110 Å². The number of benzene rings is 1. The number of nitrogens with one attached hydrogen (secondary N) is 1. The lowest BCUT2D eigenvalue weighted by atomic mass is 10.1. The van der Waals surface area contributed by atoms with Crippen LogP contribution in [0.25, 0.3) is 0 Å². The van der Waals surface area contributed by atoms with Gasteiger partial charge in [0.25, 0.3) is 5.91 Å². The molecule has 3 nitrogen and oxygen atoms in total. The van der Waals surface area contributed by atoms with Gasteiger partial charge in [0.15, 0.2) is 0 Å². The van der Waals surface area contributed by atoms with Gasteiger partial charge in [0.1, 0.15) is 0 Å². The van der Waals surface area contributed by atoms with E-state index in [0.29, 0.717) is 6.04 Å². The Balaban J connectivity index is 2.08. The maximum Gasteiger partial charge on any atom is 0.253 e. The molecule has 1 aromatic rings. The minimum absolute atomic E-state index is 0.0972. The van der Waals surface area contributed by atoms with E-state index in [1.54, 1.807) is 0 Å². The van der Waals surface area contributed by atoms with Gasteiger partial charge in [-0.15, -0.1) is 0 Å². The first-order chi connectivity index (χ1) is 8.18. The predicted octanol–water partition coefficient (Wildman–Crippen LogP) is 2.27. The number of halogens is 1. The molecule has 1 aliphatic heterocycles. The lowest BCUT2D eigenvalue weighted by Crippen LogP contribution is -2.46. The van der Waals surface area contributed by atoms with Crippen LogP contribution in [0.2, 0.25) is 0 Å². The molecule has 0 aliphatic carbocycles. The van der Waals surface area contributed by atoms with Crippen molar-refractivity contribution in [3.63, 3.8) is 0 Å². The molecule has 2 rings (SSSR count). The Kier molecular flexibility index (Phi) is 4.18. The van der Waals surface area contributed by atoms with Crippen molar-refractivity contribution in [2.24, 2.45) is 0 Å². The minimum atomic E-state index is 0.0972. The number of amides is 1. The van der Waals surface area contributed by atoms with E-state index in [4.69, 9.17) is 0 Å². The zero-order chi connectivity index (χ0) is 12.3. The van der Waals surface area contributed by atoms with Gasteiger partial charge in [-0.2, -0.15) is 0 Å². The topological polar surface area (TPSA) is 32.3 Å². The normalized spacial score (nSPS) is 20.0. The third-order valence-corrected chi connectivity index (χ3v) is 3.70. The Bertz CT molecular complexity index is 402. The maximum atomic E-state index is 12.3. The summed E-state index contributed by atoms with van der Waals surface area (Å²) in [6, 6.07) is 7.87. The quantitative estimate of drug-likeness (QED) is 0.908. The number of hydrogen-bond donors (Lipinski definition) is 1. The molecule has 0 aromatic heterocycles. The van der Waals surface area contributed by atoms with Crippen LogP contribution in [0, 0.1) is 0 Å². The smallest absolute Gasteiger partial charge is 0.253 e. The molecule has 0 radical (unpaired) electrons. The van der Waals surface area contributed by atoms with Crippen LogP contribution in [-0.2, 0) is 0 Å². The lowest BCUT2D eigenvalue weighted by molar-refractivity contribution is 0.0708. The molecule has 1 unspecified atom stereocenters. The molecule has 0 spiro atoms. The van der Waals surface area contributed by atoms with Crippen LogP contribution in [-0.4, -0.2) is 37.0 Å². The molecular weight excluding hydrogens is 280 g/mol. The fraction of sp³-hybridized carbons (Fsp3) is 0.462. The molecule has 0 bridgehead atoms. The van der Waals surface area contributed by atoms with Crippen LogP contribution >= 0.6 is 15.9 Å². The van der Waals surface area contributed by atoms with E-state index in [1.165, 1.54) is 0 Å². The second-order valence-corrected chi connectivity index (χ2v) is 5.34. The summed E-state index contributed by atoms with van der Waals surface area (Å²) in [7, 11) is 1.89. The van der Waals surface area contributed by atoms with Gasteiger partial charge in [0.2, 0.25) is 0 Å². The third kappa shape index (κ3) is 3.07. The fourth-order valence-corrected chi connectivity index (χ4v) is 2.55. The number of piperidine rings is 1. The number of hydrogen-bond acceptors (Lipinski definition) is 2. The molecule has 92 valence electrons. The van der Waals surface area contributed by atoms with Gasteiger partial charge in [-0.3, -0.25) is 4.79 Å². The first kappa shape index (κ1) is 12.6. The number of rotatable bonds is 2. The summed E-state index contributed by atoms with van der Waals surface area (Å²) in [5, 5.41) is 3.33. The zero-order valence-electron chi connectivity index (χ0n) is 9.95. The molecular formula is C13H17BrN2O. The van der Waals surface area contributed by atoms with Crippen LogP contribution in [0.5, 0.6) is 0 Å². The fourth-order valence-electron chi connectivity index (χ4n) is 2.15. The largest absolute Gasteiger partial charge is 0.337 e. The van der Waals surface area contributed by atoms with Crippen molar-refractivity contribution in [1.29, 1.82) is 0 Å². The molecule has 1 saturated heterocycles. The Hall–Kier alpha value is -0.870. The van der Waals surface area contributed by atoms with E-state index < -0.39 is 0 Å². The van der Waals surface area contributed by atoms with E-state index in [2.05, 4.69) is 21.2 Å². The highest BCUT2D eigenvalue weighted by Gasteiger charge is 2.22. The first-order valence-corrected chi connectivity index (χ1v) is 6.71. The summed E-state index contributed by atoms with van der Waals surface area (Å²) >= 11 is 3.39. The Morgan fingerprint density at radius 2 is 2.35 bits per heavy atom. The number of carbonyl (C=O) groups is 1. The van der Waals surface area contributed by atoms with Gasteiger partial charge >= 0.3 is 0 Å². The molecule has 4 heteroatoms. The molecule has 1 fully saturated rings. The number of nitrogens with zero attached hydrogens (tertiary/aromatic N) is 1. The van der Waals surface area contributed by atoms with Crippen molar-refractivity contribution in [2.45, 2.75) is 18.9 Å². The van der Waals surface area contributed by atoms with Crippen molar-refractivity contribution >= 4 is 21.8 Å². The molecule has 1 atom stereocenters. The SMILES string of the molecule is CN(C(=O)c1cccc(Br)c1)C1CCCNC1. The second-order valence-electron chi connectivity index (χ2n) is 4.43. The summed E-state index contributed by atoms with van der Waals surface area (Å²) in [5.74, 6) is 0.0972. The van der Waals surface area contributed by atoms with Crippen molar-refractivity contribution in [3.05, 3.63) is 34.3 Å². The molecule has 1 aliphatic rings. The minimum Gasteiger partial charge on any atom is -0.337 e. The Morgan fingerprint density at radius 3 is 3.00 bits per heavy atom. The van der Waals surface area contributed by atoms with Gasteiger partial charge in [0.05, 0.1) is 0 Å². The van der Waals surface area contributed by atoms with Crippen molar-refractivity contribution in [2.75, 3.05) is 20.1 Å². The summed E-state index contributed by atoms with van der Waals surface area (Å²) in [6.45, 7) is 1.96. The predicted molar refractivity (Wildman–Crippen MR) is 72.1 cm³/mol. The van der Waals surface area contributed by atoms with Gasteiger partial charge < -0.3 is 10.2 Å². The summed E-state index contributed by atoms with van der Waals surface area (Å²) < 4.78 is 0.943. The summed E-state index contributed by atoms with van der Waals surface area (Å²) in [6.07, 6.45) is 2.23. The number of likely N-dealkylation sites (N-methyl/N-ethyl adjacent to an activating group) is 1. The van der Waals surface area contributed by atoms with Gasteiger partial charge in [-0.1, -0.05) is 22.0 Å². The average Bonchev–Trinajstić information content (AvgIpc) is 2.38. The monoisotopic (exact) mass is 296 g/mol. The van der Waals surface area contributed by atoms with Gasteiger partial charge in [0, 0.05) is 29.7 Å². The van der Waals surface area contributed by atoms with E-state index >= 15 is 0 Å². The highest BCUT2D eigenvalue weighted by Crippen LogP contribution is 2.16. The first-order valence-electron chi connectivity index (χ1n) is 5.92. The van der Waals surface area contributed by atoms with E-state index in [1.807, 2.05) is 36.2 Å². The molecule has 1 N–H and O–H groups in total. The van der Waals surface area contributed by atoms with Crippen LogP contribution in [0.1, 0.15) is 23.2 Å². The summed E-state index contributed by atoms with van der Waals surface area (Å²) in [4.78, 5) is 14.1. The molecule has 0 saturated carbocycles. The van der Waals surface area contributed by atoms with E-state index in [9.17, 15) is 4.79 Å². The van der Waals surface area contributed by atoms with Crippen LogP contribution < -0.4 is 5.32 Å². The van der Waals surface area contributed by atoms with Crippen LogP contribution in [0.4, 0.5) is 0 Å². The van der Waals surface area contributed by atoms with E-state index in [-0.39, 0.29) is 5.91 Å². The van der Waals surface area contributed by atoms with Crippen LogP contribution in [0.3, 0.4) is 0 Å². The molecule has 1 heterocycles. The average molecular weight is 297 g/mol. The maximum absolute atomic E-state index is 12.3. The summed E-state index contributed by atoms with van der Waals surface area (Å²) in [5.41, 5.74) is 0.743. The third-order valence-electron chi connectivity index (χ3n) is 3.21. The second kappa shape index (κ2) is 5.65. The Morgan fingerprint density at radius 1 is 1.53 bits per heavy atom. The van der Waals surface area contributed by atoms with Crippen molar-refractivity contribution < 1.29 is 4.79 Å². The van der Waals surface area contributed by atoms with Gasteiger partial charge in [-0.25, -0.2) is 0 Å². The highest BCUT2D eigenvalue weighted by atomic mass is 79.9. The van der Waals surface area contributed by atoms with Crippen LogP contribution in [0.15, 0.2) is 28.7 Å². The molecule has 17 heavy (non-hydrogen) atoms. The molecule has 1 aromatic carbocycles. The number of carbonyl (C=O) groups excluding carboxylic acids is 1. The van der Waals surface area contributed by atoms with Gasteiger partial charge in [-0.05, 0) is 37.6 Å².